The number of epoxide rings is 1. The highest BCUT2D eigenvalue weighted by Crippen LogP contribution is 2.61. The smallest absolute Gasteiger partial charge is 0.341 e. The number of esters is 1. The molecule has 0 N–H and O–H groups in total. The number of carbonyl (C=O) groups excluding carboxylic acids is 1. The SMILES string of the molecule is CCCC1(C(=O)OCC)OC1(CC)c1ccc(Br)cc1. The highest BCUT2D eigenvalue weighted by Gasteiger charge is 2.74. The van der Waals surface area contributed by atoms with E-state index in [-0.39, 0.29) is 5.97 Å². The molecule has 0 aliphatic carbocycles. The van der Waals surface area contributed by atoms with Crippen LogP contribution in [0.4, 0.5) is 0 Å². The number of carbonyl (C=O) groups is 1. The first kappa shape index (κ1) is 15.5. The summed E-state index contributed by atoms with van der Waals surface area (Å²) in [6.07, 6.45) is 2.33. The van der Waals surface area contributed by atoms with E-state index in [1.54, 1.807) is 0 Å². The second-order valence-corrected chi connectivity index (χ2v) is 6.00. The molecule has 1 heterocycles. The standard InChI is InChI=1S/C16H21BrO3/c1-4-11-16(14(18)19-6-3)15(5-2,20-16)12-7-9-13(17)10-8-12/h7-10H,4-6,11H2,1-3H3. The third-order valence-corrected chi connectivity index (χ3v) is 4.50. The van der Waals surface area contributed by atoms with E-state index in [2.05, 4.69) is 29.8 Å². The maximum atomic E-state index is 12.4. The summed E-state index contributed by atoms with van der Waals surface area (Å²) in [5, 5.41) is 0. The fourth-order valence-electron chi connectivity index (χ4n) is 3.01. The second-order valence-electron chi connectivity index (χ2n) is 5.09. The molecule has 0 radical (unpaired) electrons. The van der Waals surface area contributed by atoms with Gasteiger partial charge in [-0.05, 0) is 37.5 Å². The molecule has 0 aromatic heterocycles. The quantitative estimate of drug-likeness (QED) is 0.575. The zero-order chi connectivity index (χ0) is 14.8. The van der Waals surface area contributed by atoms with Crippen LogP contribution in [0.25, 0.3) is 0 Å². The summed E-state index contributed by atoms with van der Waals surface area (Å²) in [6.45, 7) is 6.32. The Labute approximate surface area is 128 Å². The number of hydrogen-bond acceptors (Lipinski definition) is 3. The maximum Gasteiger partial charge on any atom is 0.341 e. The van der Waals surface area contributed by atoms with Gasteiger partial charge >= 0.3 is 5.97 Å². The van der Waals surface area contributed by atoms with Gasteiger partial charge in [0.25, 0.3) is 0 Å². The van der Waals surface area contributed by atoms with E-state index < -0.39 is 11.2 Å². The number of benzene rings is 1. The Kier molecular flexibility index (Phi) is 4.55. The van der Waals surface area contributed by atoms with E-state index in [1.165, 1.54) is 0 Å². The van der Waals surface area contributed by atoms with Gasteiger partial charge in [-0.2, -0.15) is 0 Å². The predicted octanol–water partition coefficient (Wildman–Crippen LogP) is 4.19. The Morgan fingerprint density at radius 1 is 1.25 bits per heavy atom. The monoisotopic (exact) mass is 340 g/mol. The summed E-state index contributed by atoms with van der Waals surface area (Å²) >= 11 is 3.44. The average Bonchev–Trinajstić information content (AvgIpc) is 3.11. The van der Waals surface area contributed by atoms with E-state index in [9.17, 15) is 4.79 Å². The lowest BCUT2D eigenvalue weighted by Gasteiger charge is -2.18. The summed E-state index contributed by atoms with van der Waals surface area (Å²) < 4.78 is 12.3. The van der Waals surface area contributed by atoms with Crippen LogP contribution >= 0.6 is 15.9 Å². The largest absolute Gasteiger partial charge is 0.464 e. The third-order valence-electron chi connectivity index (χ3n) is 3.97. The fourth-order valence-corrected chi connectivity index (χ4v) is 3.27. The van der Waals surface area contributed by atoms with E-state index in [0.717, 1.165) is 22.9 Å². The van der Waals surface area contributed by atoms with Crippen LogP contribution in [-0.2, 0) is 19.9 Å². The van der Waals surface area contributed by atoms with Crippen LogP contribution in [0.3, 0.4) is 0 Å². The van der Waals surface area contributed by atoms with Gasteiger partial charge < -0.3 is 9.47 Å². The van der Waals surface area contributed by atoms with Gasteiger partial charge in [0.2, 0.25) is 0 Å². The molecule has 2 unspecified atom stereocenters. The molecule has 0 amide bonds. The number of hydrogen-bond donors (Lipinski definition) is 0. The van der Waals surface area contributed by atoms with Gasteiger partial charge in [-0.15, -0.1) is 0 Å². The molecule has 1 saturated heterocycles. The first-order valence-corrected chi connectivity index (χ1v) is 7.99. The molecule has 0 bridgehead atoms. The Hall–Kier alpha value is -0.870. The highest BCUT2D eigenvalue weighted by atomic mass is 79.9. The van der Waals surface area contributed by atoms with Gasteiger partial charge in [0.05, 0.1) is 6.61 Å². The number of rotatable bonds is 6. The third kappa shape index (κ3) is 2.29. The van der Waals surface area contributed by atoms with Crippen LogP contribution in [-0.4, -0.2) is 18.2 Å². The topological polar surface area (TPSA) is 38.8 Å². The van der Waals surface area contributed by atoms with Crippen LogP contribution in [0.1, 0.15) is 45.6 Å². The van der Waals surface area contributed by atoms with Crippen molar-refractivity contribution in [3.05, 3.63) is 34.3 Å². The molecular formula is C16H21BrO3. The zero-order valence-electron chi connectivity index (χ0n) is 12.2. The van der Waals surface area contributed by atoms with Gasteiger partial charge in [0.15, 0.2) is 5.60 Å². The fraction of sp³-hybridized carbons (Fsp3) is 0.562. The molecule has 3 nitrogen and oxygen atoms in total. The molecule has 2 rings (SSSR count). The van der Waals surface area contributed by atoms with Crippen molar-refractivity contribution in [1.82, 2.24) is 0 Å². The molecule has 1 fully saturated rings. The molecule has 0 saturated carbocycles. The van der Waals surface area contributed by atoms with Gasteiger partial charge in [0, 0.05) is 4.47 Å². The lowest BCUT2D eigenvalue weighted by molar-refractivity contribution is -0.149. The Morgan fingerprint density at radius 2 is 1.90 bits per heavy atom. The van der Waals surface area contributed by atoms with Crippen LogP contribution in [0.15, 0.2) is 28.7 Å². The van der Waals surface area contributed by atoms with Gasteiger partial charge in [-0.3, -0.25) is 0 Å². The van der Waals surface area contributed by atoms with Crippen LogP contribution in [0.5, 0.6) is 0 Å². The lowest BCUT2D eigenvalue weighted by Crippen LogP contribution is -2.34. The zero-order valence-corrected chi connectivity index (χ0v) is 13.8. The van der Waals surface area contributed by atoms with Crippen molar-refractivity contribution in [3.63, 3.8) is 0 Å². The molecule has 1 aromatic rings. The van der Waals surface area contributed by atoms with Crippen molar-refractivity contribution < 1.29 is 14.3 Å². The highest BCUT2D eigenvalue weighted by molar-refractivity contribution is 9.10. The number of ether oxygens (including phenoxy) is 2. The van der Waals surface area contributed by atoms with Crippen molar-refractivity contribution in [2.24, 2.45) is 0 Å². The van der Waals surface area contributed by atoms with E-state index >= 15 is 0 Å². The van der Waals surface area contributed by atoms with E-state index in [0.29, 0.717) is 13.0 Å². The van der Waals surface area contributed by atoms with Crippen molar-refractivity contribution >= 4 is 21.9 Å². The lowest BCUT2D eigenvalue weighted by atomic mass is 9.81. The molecule has 0 spiro atoms. The van der Waals surface area contributed by atoms with Gasteiger partial charge in [-0.1, -0.05) is 48.3 Å². The molecule has 1 aliphatic heterocycles. The molecule has 110 valence electrons. The molecule has 2 atom stereocenters. The Morgan fingerprint density at radius 3 is 2.40 bits per heavy atom. The average molecular weight is 341 g/mol. The summed E-state index contributed by atoms with van der Waals surface area (Å²) in [5.74, 6) is -0.230. The summed E-state index contributed by atoms with van der Waals surface area (Å²) in [7, 11) is 0. The van der Waals surface area contributed by atoms with Crippen LogP contribution in [0, 0.1) is 0 Å². The molecule has 1 aliphatic rings. The van der Waals surface area contributed by atoms with Crippen molar-refractivity contribution in [2.45, 2.75) is 51.2 Å². The van der Waals surface area contributed by atoms with Crippen molar-refractivity contribution in [1.29, 1.82) is 0 Å². The Balaban J connectivity index is 2.36. The van der Waals surface area contributed by atoms with Gasteiger partial charge in [0.1, 0.15) is 5.60 Å². The minimum absolute atomic E-state index is 0.230. The predicted molar refractivity (Wildman–Crippen MR) is 81.5 cm³/mol. The second kappa shape index (κ2) is 5.86. The van der Waals surface area contributed by atoms with Crippen LogP contribution < -0.4 is 0 Å². The van der Waals surface area contributed by atoms with Crippen LogP contribution in [0.2, 0.25) is 0 Å². The molecular weight excluding hydrogens is 320 g/mol. The molecule has 4 heteroatoms. The van der Waals surface area contributed by atoms with Crippen molar-refractivity contribution in [3.8, 4) is 0 Å². The Bertz CT molecular complexity index is 485. The summed E-state index contributed by atoms with van der Waals surface area (Å²) in [6, 6.07) is 8.00. The summed E-state index contributed by atoms with van der Waals surface area (Å²) in [4.78, 5) is 12.4. The molecule has 20 heavy (non-hydrogen) atoms. The summed E-state index contributed by atoms with van der Waals surface area (Å²) in [5.41, 5.74) is -0.291. The van der Waals surface area contributed by atoms with E-state index in [4.69, 9.17) is 9.47 Å². The number of halogens is 1. The normalized spacial score (nSPS) is 28.2. The molecule has 1 aromatic carbocycles. The minimum Gasteiger partial charge on any atom is -0.464 e. The maximum absolute atomic E-state index is 12.4. The minimum atomic E-state index is -0.805. The first-order valence-electron chi connectivity index (χ1n) is 7.19. The first-order chi connectivity index (χ1) is 9.56. The van der Waals surface area contributed by atoms with Gasteiger partial charge in [-0.25, -0.2) is 4.79 Å². The van der Waals surface area contributed by atoms with E-state index in [1.807, 2.05) is 31.2 Å². The van der Waals surface area contributed by atoms with Crippen molar-refractivity contribution in [2.75, 3.05) is 6.61 Å².